The summed E-state index contributed by atoms with van der Waals surface area (Å²) in [6.07, 6.45) is 2.40. The van der Waals surface area contributed by atoms with Gasteiger partial charge in [0.05, 0.1) is 0 Å². The minimum Gasteiger partial charge on any atom is -0.509 e. The number of hydrogen-bond donors (Lipinski definition) is 0. The second kappa shape index (κ2) is 16.6. The molecule has 0 atom stereocenters. The van der Waals surface area contributed by atoms with Crippen molar-refractivity contribution in [3.63, 3.8) is 0 Å². The molecule has 0 saturated carbocycles. The van der Waals surface area contributed by atoms with Crippen LogP contribution in [0.2, 0.25) is 0 Å². The molecule has 0 saturated heterocycles. The zero-order valence-corrected chi connectivity index (χ0v) is 36.4. The van der Waals surface area contributed by atoms with E-state index in [1.54, 1.807) is 6.07 Å². The maximum atomic E-state index is 8.38. The van der Waals surface area contributed by atoms with Crippen LogP contribution in [-0.2, 0) is 32.9 Å². The van der Waals surface area contributed by atoms with Gasteiger partial charge in [-0.25, -0.2) is 4.98 Å². The zero-order valence-electron chi connectivity index (χ0n) is 37.2. The number of anilines is 3. The fourth-order valence-corrected chi connectivity index (χ4v) is 8.33. The number of para-hydroxylation sites is 3. The second-order valence-corrected chi connectivity index (χ2v) is 16.3. The van der Waals surface area contributed by atoms with Crippen molar-refractivity contribution in [3.05, 3.63) is 205 Å². The van der Waals surface area contributed by atoms with Gasteiger partial charge in [0, 0.05) is 59.8 Å². The van der Waals surface area contributed by atoms with E-state index < -0.39 is 6.85 Å². The van der Waals surface area contributed by atoms with Gasteiger partial charge in [0.15, 0.2) is 0 Å². The SMILES string of the molecule is [2H]C([2H])([2H])c1cccc(-c2ccccc2)c1CCN1[CH-]N(c2[c-]c(Oc3[c-]c4c(cc3)c3ccccc3n4-c3cc(-c4ccc(C(C)(C)C)cc4)ccn3)ccc2)c2ccccc21.[Pt]. The van der Waals surface area contributed by atoms with Gasteiger partial charge in [0.1, 0.15) is 5.82 Å². The minimum atomic E-state index is -2.24. The second-order valence-electron chi connectivity index (χ2n) is 16.3. The van der Waals surface area contributed by atoms with E-state index in [0.29, 0.717) is 30.0 Å². The fourth-order valence-electron chi connectivity index (χ4n) is 8.33. The number of nitrogens with zero attached hydrogens (tertiary/aromatic N) is 4. The standard InChI is InChI=1S/C55H45N4O.Pt/c1-38-14-12-20-47(40-15-6-5-7-16-40)46(38)31-33-57-37-58(52-23-11-10-22-51(52)57)43-17-13-18-44(35-43)60-45-28-29-49-48-19-8-9-21-50(48)59(53(49)36-45)54-34-41(30-32-56-54)39-24-26-42(27-25-39)55(2,3)4;/h5-30,32,34,37H,31,33H2,1-4H3;/q-3;/i1D3;. The largest absolute Gasteiger partial charge is 0.509 e. The van der Waals surface area contributed by atoms with Crippen molar-refractivity contribution in [2.45, 2.75) is 39.5 Å². The Morgan fingerprint density at radius 2 is 1.43 bits per heavy atom. The first-order valence-corrected chi connectivity index (χ1v) is 20.4. The maximum Gasteiger partial charge on any atom is 0.136 e. The third-order valence-electron chi connectivity index (χ3n) is 11.4. The molecule has 304 valence electrons. The molecule has 5 nitrogen and oxygen atoms in total. The molecule has 0 spiro atoms. The third-order valence-corrected chi connectivity index (χ3v) is 11.4. The summed E-state index contributed by atoms with van der Waals surface area (Å²) >= 11 is 0. The molecule has 0 fully saturated rings. The molecule has 7 aromatic carbocycles. The first kappa shape index (κ1) is 36.4. The fraction of sp³-hybridized carbons (Fsp3) is 0.127. The van der Waals surface area contributed by atoms with Crippen LogP contribution in [0.1, 0.15) is 41.6 Å². The van der Waals surface area contributed by atoms with E-state index >= 15 is 0 Å². The molecule has 61 heavy (non-hydrogen) atoms. The Hall–Kier alpha value is -6.42. The molecular weight excluding hydrogens is 928 g/mol. The quantitative estimate of drug-likeness (QED) is 0.135. The molecule has 6 heteroatoms. The van der Waals surface area contributed by atoms with Crippen LogP contribution in [0.4, 0.5) is 17.1 Å². The Morgan fingerprint density at radius 3 is 2.25 bits per heavy atom. The number of pyridine rings is 1. The third kappa shape index (κ3) is 7.75. The van der Waals surface area contributed by atoms with Crippen LogP contribution < -0.4 is 14.5 Å². The van der Waals surface area contributed by atoms with Gasteiger partial charge in [-0.05, 0) is 99.9 Å². The zero-order chi connectivity index (χ0) is 43.3. The molecule has 0 amide bonds. The van der Waals surface area contributed by atoms with Crippen molar-refractivity contribution < 1.29 is 29.9 Å². The average molecular weight is 976 g/mol. The van der Waals surface area contributed by atoms with E-state index in [1.165, 1.54) is 5.56 Å². The molecule has 0 N–H and O–H groups in total. The van der Waals surface area contributed by atoms with Crippen LogP contribution in [0, 0.1) is 25.7 Å². The minimum absolute atomic E-state index is 0. The molecule has 1 aliphatic rings. The first-order chi connectivity index (χ1) is 30.5. The molecule has 1 aliphatic heterocycles. The molecule has 0 aliphatic carbocycles. The predicted octanol–water partition coefficient (Wildman–Crippen LogP) is 13.8. The summed E-state index contributed by atoms with van der Waals surface area (Å²) in [6, 6.07) is 62.3. The van der Waals surface area contributed by atoms with E-state index in [2.05, 4.69) is 133 Å². The van der Waals surface area contributed by atoms with Gasteiger partial charge < -0.3 is 19.1 Å². The van der Waals surface area contributed by atoms with E-state index in [9.17, 15) is 0 Å². The normalized spacial score (nSPS) is 13.4. The smallest absolute Gasteiger partial charge is 0.136 e. The van der Waals surface area contributed by atoms with Crippen LogP contribution >= 0.6 is 0 Å². The summed E-state index contributed by atoms with van der Waals surface area (Å²) in [7, 11) is 0. The summed E-state index contributed by atoms with van der Waals surface area (Å²) < 4.78 is 33.9. The molecule has 10 rings (SSSR count). The number of aryl methyl sites for hydroxylation is 1. The summed E-state index contributed by atoms with van der Waals surface area (Å²) in [6.45, 7) is 7.09. The van der Waals surface area contributed by atoms with Crippen molar-refractivity contribution in [3.8, 4) is 39.6 Å². The Bertz CT molecular complexity index is 3120. The van der Waals surface area contributed by atoms with E-state index in [4.69, 9.17) is 13.8 Å². The van der Waals surface area contributed by atoms with Crippen LogP contribution in [0.15, 0.2) is 170 Å². The van der Waals surface area contributed by atoms with Crippen LogP contribution in [-0.4, -0.2) is 16.1 Å². The van der Waals surface area contributed by atoms with Crippen LogP contribution in [0.3, 0.4) is 0 Å². The van der Waals surface area contributed by atoms with Crippen molar-refractivity contribution in [1.82, 2.24) is 9.55 Å². The van der Waals surface area contributed by atoms with Gasteiger partial charge in [-0.1, -0.05) is 129 Å². The van der Waals surface area contributed by atoms with Crippen LogP contribution in [0.25, 0.3) is 49.9 Å². The Morgan fingerprint density at radius 1 is 0.672 bits per heavy atom. The topological polar surface area (TPSA) is 33.5 Å². The van der Waals surface area contributed by atoms with Gasteiger partial charge >= 0.3 is 0 Å². The van der Waals surface area contributed by atoms with Gasteiger partial charge in [0.25, 0.3) is 0 Å². The average Bonchev–Trinajstić information content (AvgIpc) is 3.83. The number of rotatable bonds is 9. The molecular formula is C55H45N4OPt-3. The van der Waals surface area contributed by atoms with E-state index in [-0.39, 0.29) is 26.5 Å². The Balaban J connectivity index is 0.00000518. The number of ether oxygens (including phenoxy) is 1. The summed E-state index contributed by atoms with van der Waals surface area (Å²) in [5.41, 5.74) is 11.5. The first-order valence-electron chi connectivity index (χ1n) is 21.9. The van der Waals surface area contributed by atoms with Crippen molar-refractivity contribution >= 4 is 38.9 Å². The monoisotopic (exact) mass is 975 g/mol. The number of fused-ring (bicyclic) bond motifs is 4. The van der Waals surface area contributed by atoms with Gasteiger partial charge in [0.2, 0.25) is 0 Å². The number of aromatic nitrogens is 2. The van der Waals surface area contributed by atoms with Gasteiger partial charge in [-0.2, -0.15) is 18.8 Å². The van der Waals surface area contributed by atoms with Gasteiger partial charge in [-0.3, -0.25) is 0 Å². The summed E-state index contributed by atoms with van der Waals surface area (Å²) in [5, 5.41) is 2.16. The molecule has 3 heterocycles. The Kier molecular flexibility index (Phi) is 9.89. The van der Waals surface area contributed by atoms with Crippen molar-refractivity contribution in [2.75, 3.05) is 16.3 Å². The summed E-state index contributed by atoms with van der Waals surface area (Å²) in [4.78, 5) is 9.17. The Labute approximate surface area is 377 Å². The maximum absolute atomic E-state index is 8.38. The molecule has 2 aromatic heterocycles. The predicted molar refractivity (Wildman–Crippen MR) is 247 cm³/mol. The molecule has 9 aromatic rings. The molecule has 0 unspecified atom stereocenters. The van der Waals surface area contributed by atoms with E-state index in [0.717, 1.165) is 72.5 Å². The van der Waals surface area contributed by atoms with E-state index in [1.807, 2.05) is 85.1 Å². The molecule has 0 bridgehead atoms. The van der Waals surface area contributed by atoms with Gasteiger partial charge in [-0.15, -0.1) is 41.4 Å². The van der Waals surface area contributed by atoms with Crippen LogP contribution in [0.5, 0.6) is 11.5 Å². The summed E-state index contributed by atoms with van der Waals surface area (Å²) in [5.74, 6) is 1.91. The van der Waals surface area contributed by atoms with Crippen molar-refractivity contribution in [2.24, 2.45) is 0 Å². The van der Waals surface area contributed by atoms with Crippen molar-refractivity contribution in [1.29, 1.82) is 0 Å². The number of hydrogen-bond acceptors (Lipinski definition) is 4. The number of benzene rings is 7. The molecule has 0 radical (unpaired) electrons.